The fraction of sp³-hybridized carbons (Fsp3) is 0.727. The van der Waals surface area contributed by atoms with Gasteiger partial charge in [0.25, 0.3) is 0 Å². The number of carbonyl (C=O) groups excluding carboxylic acids is 2. The molecule has 0 spiro atoms. The van der Waals surface area contributed by atoms with Crippen molar-refractivity contribution in [1.82, 2.24) is 0 Å². The zero-order valence-electron chi connectivity index (χ0n) is 16.3. The van der Waals surface area contributed by atoms with Crippen LogP contribution in [-0.4, -0.2) is 34.0 Å². The fourth-order valence-corrected chi connectivity index (χ4v) is 6.13. The molecule has 2 saturated carbocycles. The third-order valence-corrected chi connectivity index (χ3v) is 7.61. The number of fused-ring (bicyclic) bond motifs is 1. The number of hydrogen-bond donors (Lipinski definition) is 2. The second-order valence-corrected chi connectivity index (χ2v) is 9.68. The van der Waals surface area contributed by atoms with Crippen LogP contribution in [0.3, 0.4) is 0 Å². The van der Waals surface area contributed by atoms with Crippen molar-refractivity contribution in [2.24, 2.45) is 22.7 Å². The lowest BCUT2D eigenvalue weighted by atomic mass is 9.46. The average Bonchev–Trinajstić information content (AvgIpc) is 2.54. The summed E-state index contributed by atoms with van der Waals surface area (Å²) in [6.45, 7) is 10.8. The SMILES string of the molecule is C=C1CCC2C(C)(C)CCC[C@]2(C)[C@H]1C[C@]1(O)CC(=O)C(CO)=CC1=O. The Morgan fingerprint density at radius 3 is 2.58 bits per heavy atom. The highest BCUT2D eigenvalue weighted by atomic mass is 16.3. The largest absolute Gasteiger partial charge is 0.392 e. The molecular formula is C22H32O4. The van der Waals surface area contributed by atoms with Crippen molar-refractivity contribution in [3.05, 3.63) is 23.8 Å². The molecule has 2 fully saturated rings. The van der Waals surface area contributed by atoms with E-state index in [1.165, 1.54) is 6.42 Å². The Kier molecular flexibility index (Phi) is 4.81. The smallest absolute Gasteiger partial charge is 0.188 e. The minimum Gasteiger partial charge on any atom is -0.392 e. The Balaban J connectivity index is 1.92. The monoisotopic (exact) mass is 360 g/mol. The zero-order valence-corrected chi connectivity index (χ0v) is 16.3. The number of hydrogen-bond acceptors (Lipinski definition) is 4. The summed E-state index contributed by atoms with van der Waals surface area (Å²) in [6, 6.07) is 0. The number of rotatable bonds is 3. The molecule has 4 nitrogen and oxygen atoms in total. The molecular weight excluding hydrogens is 328 g/mol. The van der Waals surface area contributed by atoms with Crippen LogP contribution in [0, 0.1) is 22.7 Å². The second kappa shape index (κ2) is 6.42. The van der Waals surface area contributed by atoms with Crippen LogP contribution in [0.1, 0.15) is 65.7 Å². The lowest BCUT2D eigenvalue weighted by Gasteiger charge is -2.58. The lowest BCUT2D eigenvalue weighted by Crippen LogP contribution is -2.53. The van der Waals surface area contributed by atoms with Gasteiger partial charge in [-0.15, -0.1) is 0 Å². The molecule has 2 N–H and O–H groups in total. The van der Waals surface area contributed by atoms with Gasteiger partial charge < -0.3 is 10.2 Å². The number of ketones is 2. The molecule has 1 unspecified atom stereocenters. The van der Waals surface area contributed by atoms with Gasteiger partial charge in [0, 0.05) is 12.0 Å². The van der Waals surface area contributed by atoms with E-state index < -0.39 is 18.0 Å². The molecule has 3 aliphatic rings. The van der Waals surface area contributed by atoms with Crippen LogP contribution in [0.4, 0.5) is 0 Å². The van der Waals surface area contributed by atoms with Crippen LogP contribution in [0.15, 0.2) is 23.8 Å². The first-order chi connectivity index (χ1) is 12.0. The summed E-state index contributed by atoms with van der Waals surface area (Å²) in [4.78, 5) is 24.8. The molecule has 3 aliphatic carbocycles. The van der Waals surface area contributed by atoms with Crippen LogP contribution in [0.5, 0.6) is 0 Å². The van der Waals surface area contributed by atoms with Crippen molar-refractivity contribution in [1.29, 1.82) is 0 Å². The standard InChI is InChI=1S/C22H32O4/c1-14-6-7-18-20(2,3)8-5-9-21(18,4)16(14)11-22(26)12-17(24)15(13-23)10-19(22)25/h10,16,18,23,26H,1,5-9,11-13H2,2-4H3/t16-,18?,21+,22-/m0/s1. The molecule has 0 saturated heterocycles. The Hall–Kier alpha value is -1.26. The van der Waals surface area contributed by atoms with Gasteiger partial charge in [0.05, 0.1) is 6.61 Å². The van der Waals surface area contributed by atoms with Crippen LogP contribution in [0.25, 0.3) is 0 Å². The van der Waals surface area contributed by atoms with Gasteiger partial charge in [-0.1, -0.05) is 39.3 Å². The van der Waals surface area contributed by atoms with E-state index in [-0.39, 0.29) is 40.9 Å². The molecule has 4 atom stereocenters. The summed E-state index contributed by atoms with van der Waals surface area (Å²) < 4.78 is 0. The van der Waals surface area contributed by atoms with Gasteiger partial charge in [0.1, 0.15) is 5.60 Å². The molecule has 0 aliphatic heterocycles. The first kappa shape index (κ1) is 19.5. The van der Waals surface area contributed by atoms with Gasteiger partial charge in [-0.25, -0.2) is 0 Å². The Morgan fingerprint density at radius 2 is 1.92 bits per heavy atom. The molecule has 4 heteroatoms. The van der Waals surface area contributed by atoms with Gasteiger partial charge >= 0.3 is 0 Å². The summed E-state index contributed by atoms with van der Waals surface area (Å²) in [5.74, 6) is -0.219. The van der Waals surface area contributed by atoms with E-state index in [0.29, 0.717) is 5.92 Å². The van der Waals surface area contributed by atoms with Crippen molar-refractivity contribution < 1.29 is 19.8 Å². The van der Waals surface area contributed by atoms with E-state index in [1.807, 2.05) is 0 Å². The van der Waals surface area contributed by atoms with Crippen LogP contribution in [0.2, 0.25) is 0 Å². The Morgan fingerprint density at radius 1 is 1.23 bits per heavy atom. The number of aliphatic hydroxyl groups is 2. The third kappa shape index (κ3) is 3.01. The van der Waals surface area contributed by atoms with E-state index in [4.69, 9.17) is 0 Å². The maximum absolute atomic E-state index is 12.6. The van der Waals surface area contributed by atoms with Crippen LogP contribution >= 0.6 is 0 Å². The molecule has 26 heavy (non-hydrogen) atoms. The summed E-state index contributed by atoms with van der Waals surface area (Å²) in [5, 5.41) is 20.3. The van der Waals surface area contributed by atoms with Crippen molar-refractivity contribution in [2.75, 3.05) is 6.61 Å². The number of carbonyl (C=O) groups is 2. The van der Waals surface area contributed by atoms with Crippen molar-refractivity contribution in [2.45, 2.75) is 71.3 Å². The molecule has 0 bridgehead atoms. The van der Waals surface area contributed by atoms with E-state index in [2.05, 4.69) is 27.4 Å². The molecule has 0 aromatic heterocycles. The van der Waals surface area contributed by atoms with Gasteiger partial charge in [-0.3, -0.25) is 9.59 Å². The van der Waals surface area contributed by atoms with E-state index in [1.54, 1.807) is 0 Å². The second-order valence-electron chi connectivity index (χ2n) is 9.68. The molecule has 0 aromatic rings. The van der Waals surface area contributed by atoms with Crippen LogP contribution < -0.4 is 0 Å². The summed E-state index contributed by atoms with van der Waals surface area (Å²) in [7, 11) is 0. The highest BCUT2D eigenvalue weighted by Crippen LogP contribution is 2.62. The molecule has 0 heterocycles. The summed E-state index contributed by atoms with van der Waals surface area (Å²) in [5.41, 5.74) is -0.227. The molecule has 0 amide bonds. The highest BCUT2D eigenvalue weighted by molar-refractivity contribution is 6.12. The fourth-order valence-electron chi connectivity index (χ4n) is 6.13. The maximum Gasteiger partial charge on any atom is 0.188 e. The summed E-state index contributed by atoms with van der Waals surface area (Å²) in [6.07, 6.45) is 6.62. The molecule has 144 valence electrons. The van der Waals surface area contributed by atoms with Crippen LogP contribution in [-0.2, 0) is 9.59 Å². The predicted molar refractivity (Wildman–Crippen MR) is 100 cm³/mol. The minimum atomic E-state index is -1.67. The molecule has 3 rings (SSSR count). The number of Topliss-reactive ketones (excluding diaryl/α,β-unsaturated/α-hetero) is 1. The predicted octanol–water partition coefficient (Wildman–Crippen LogP) is 3.37. The van der Waals surface area contributed by atoms with Crippen molar-refractivity contribution in [3.63, 3.8) is 0 Å². The first-order valence-corrected chi connectivity index (χ1v) is 9.83. The summed E-state index contributed by atoms with van der Waals surface area (Å²) >= 11 is 0. The topological polar surface area (TPSA) is 74.6 Å². The van der Waals surface area contributed by atoms with Gasteiger partial charge in [0.2, 0.25) is 0 Å². The van der Waals surface area contributed by atoms with E-state index >= 15 is 0 Å². The maximum atomic E-state index is 12.6. The van der Waals surface area contributed by atoms with Crippen molar-refractivity contribution >= 4 is 11.6 Å². The molecule has 0 aromatic carbocycles. The lowest BCUT2D eigenvalue weighted by molar-refractivity contribution is -0.145. The van der Waals surface area contributed by atoms with E-state index in [0.717, 1.165) is 37.3 Å². The van der Waals surface area contributed by atoms with Gasteiger partial charge in [0.15, 0.2) is 11.6 Å². The Labute approximate surface area is 156 Å². The third-order valence-electron chi connectivity index (χ3n) is 7.61. The highest BCUT2D eigenvalue weighted by Gasteiger charge is 2.55. The van der Waals surface area contributed by atoms with E-state index in [9.17, 15) is 19.8 Å². The van der Waals surface area contributed by atoms with Gasteiger partial charge in [-0.05, 0) is 60.8 Å². The minimum absolute atomic E-state index is 0.00287. The first-order valence-electron chi connectivity index (χ1n) is 9.83. The molecule has 0 radical (unpaired) electrons. The zero-order chi connectivity index (χ0) is 19.3. The number of allylic oxidation sites excluding steroid dienone is 1. The number of aliphatic hydroxyl groups excluding tert-OH is 1. The average molecular weight is 360 g/mol. The van der Waals surface area contributed by atoms with Crippen molar-refractivity contribution in [3.8, 4) is 0 Å². The normalized spacial score (nSPS) is 40.2. The Bertz CT molecular complexity index is 674. The quantitative estimate of drug-likeness (QED) is 0.757. The van der Waals surface area contributed by atoms with Gasteiger partial charge in [-0.2, -0.15) is 0 Å².